The molecule has 0 fully saturated rings. The fourth-order valence-corrected chi connectivity index (χ4v) is 2.88. The van der Waals surface area contributed by atoms with Crippen molar-refractivity contribution in [3.05, 3.63) is 60.7 Å². The fourth-order valence-electron chi connectivity index (χ4n) is 2.88. The molecule has 0 bridgehead atoms. The van der Waals surface area contributed by atoms with Gasteiger partial charge in [0.05, 0.1) is 23.3 Å². The van der Waals surface area contributed by atoms with Crippen LogP contribution < -0.4 is 10.2 Å². The molecule has 0 amide bonds. The number of aryl methyl sites for hydroxylation is 1. The lowest BCUT2D eigenvalue weighted by Gasteiger charge is -2.09. The van der Waals surface area contributed by atoms with Crippen LogP contribution in [0.25, 0.3) is 16.7 Å². The van der Waals surface area contributed by atoms with Gasteiger partial charge < -0.3 is 14.8 Å². The Morgan fingerprint density at radius 1 is 1.08 bits per heavy atom. The minimum Gasteiger partial charge on any atom is -0.378 e. The maximum atomic E-state index is 4.70. The number of fused-ring (bicyclic) bond motifs is 1. The van der Waals surface area contributed by atoms with Gasteiger partial charge in [0, 0.05) is 26.8 Å². The highest BCUT2D eigenvalue weighted by molar-refractivity contribution is 5.75. The number of para-hydroxylation sites is 2. The van der Waals surface area contributed by atoms with E-state index in [0.29, 0.717) is 12.5 Å². The topological polar surface area (TPSA) is 63.8 Å². The zero-order valence-electron chi connectivity index (χ0n) is 15.1. The molecule has 1 N–H and O–H groups in total. The molecular formula is C19H21N7. The number of nitrogens with one attached hydrogen (secondary N) is 1. The van der Waals surface area contributed by atoms with Crippen LogP contribution in [0.1, 0.15) is 5.82 Å². The standard InChI is InChI=1S/C19H21N7/c1-24(2)19-21-13-26(23-19)15-8-6-7-14(11-15)20-12-18-22-16-9-4-5-10-17(16)25(18)3/h4-11,13,20H,12H2,1-3H3. The highest BCUT2D eigenvalue weighted by atomic mass is 15.4. The van der Waals surface area contributed by atoms with Crippen LogP contribution in [-0.4, -0.2) is 38.4 Å². The van der Waals surface area contributed by atoms with Crippen LogP contribution in [-0.2, 0) is 13.6 Å². The van der Waals surface area contributed by atoms with Crippen molar-refractivity contribution in [2.75, 3.05) is 24.3 Å². The average molecular weight is 347 g/mol. The van der Waals surface area contributed by atoms with Crippen LogP contribution in [0, 0.1) is 0 Å². The molecule has 132 valence electrons. The number of benzene rings is 2. The van der Waals surface area contributed by atoms with E-state index in [1.54, 1.807) is 11.0 Å². The smallest absolute Gasteiger partial charge is 0.244 e. The summed E-state index contributed by atoms with van der Waals surface area (Å²) in [4.78, 5) is 10.9. The Morgan fingerprint density at radius 2 is 1.92 bits per heavy atom. The lowest BCUT2D eigenvalue weighted by Crippen LogP contribution is -2.11. The van der Waals surface area contributed by atoms with Crippen molar-refractivity contribution < 1.29 is 0 Å². The number of imidazole rings is 1. The third-order valence-corrected chi connectivity index (χ3v) is 4.32. The summed E-state index contributed by atoms with van der Waals surface area (Å²) in [5.74, 6) is 1.68. The third-order valence-electron chi connectivity index (χ3n) is 4.32. The molecule has 2 aromatic heterocycles. The maximum Gasteiger partial charge on any atom is 0.244 e. The second kappa shape index (κ2) is 6.51. The highest BCUT2D eigenvalue weighted by Gasteiger charge is 2.08. The number of nitrogens with zero attached hydrogens (tertiary/aromatic N) is 6. The molecule has 4 aromatic rings. The van der Waals surface area contributed by atoms with Gasteiger partial charge in [-0.2, -0.15) is 4.98 Å². The number of rotatable bonds is 5. The molecule has 0 atom stereocenters. The molecule has 0 aliphatic rings. The Hall–Kier alpha value is -3.35. The quantitative estimate of drug-likeness (QED) is 0.601. The van der Waals surface area contributed by atoms with Gasteiger partial charge in [-0.25, -0.2) is 9.67 Å². The van der Waals surface area contributed by atoms with Crippen LogP contribution in [0.3, 0.4) is 0 Å². The van der Waals surface area contributed by atoms with E-state index in [2.05, 4.69) is 32.1 Å². The number of hydrogen-bond acceptors (Lipinski definition) is 5. The van der Waals surface area contributed by atoms with Crippen molar-refractivity contribution in [1.29, 1.82) is 0 Å². The lowest BCUT2D eigenvalue weighted by atomic mass is 10.3. The molecular weight excluding hydrogens is 326 g/mol. The van der Waals surface area contributed by atoms with Gasteiger partial charge in [-0.15, -0.1) is 5.10 Å². The number of hydrogen-bond donors (Lipinski definition) is 1. The van der Waals surface area contributed by atoms with E-state index < -0.39 is 0 Å². The van der Waals surface area contributed by atoms with Gasteiger partial charge in [0.2, 0.25) is 5.95 Å². The second-order valence-electron chi connectivity index (χ2n) is 6.36. The van der Waals surface area contributed by atoms with Crippen molar-refractivity contribution in [3.8, 4) is 5.69 Å². The van der Waals surface area contributed by atoms with Gasteiger partial charge in [0.15, 0.2) is 0 Å². The molecule has 4 rings (SSSR count). The molecule has 2 aromatic carbocycles. The summed E-state index contributed by atoms with van der Waals surface area (Å²) in [5, 5.41) is 7.92. The largest absolute Gasteiger partial charge is 0.378 e. The minimum atomic E-state index is 0.648. The maximum absolute atomic E-state index is 4.70. The third kappa shape index (κ3) is 2.99. The van der Waals surface area contributed by atoms with Crippen molar-refractivity contribution in [1.82, 2.24) is 24.3 Å². The van der Waals surface area contributed by atoms with Crippen molar-refractivity contribution in [3.63, 3.8) is 0 Å². The van der Waals surface area contributed by atoms with Gasteiger partial charge in [0.1, 0.15) is 12.2 Å². The molecule has 7 nitrogen and oxygen atoms in total. The predicted molar refractivity (Wildman–Crippen MR) is 104 cm³/mol. The summed E-state index contributed by atoms with van der Waals surface area (Å²) >= 11 is 0. The average Bonchev–Trinajstić information content (AvgIpc) is 3.26. The summed E-state index contributed by atoms with van der Waals surface area (Å²) in [6.45, 7) is 0.648. The Morgan fingerprint density at radius 3 is 2.69 bits per heavy atom. The van der Waals surface area contributed by atoms with Crippen LogP contribution in [0.15, 0.2) is 54.9 Å². The summed E-state index contributed by atoms with van der Waals surface area (Å²) in [5.41, 5.74) is 4.12. The van der Waals surface area contributed by atoms with E-state index in [0.717, 1.165) is 28.2 Å². The second-order valence-corrected chi connectivity index (χ2v) is 6.36. The predicted octanol–water partition coefficient (Wildman–Crippen LogP) is 2.83. The number of anilines is 2. The van der Waals surface area contributed by atoms with Crippen LogP contribution in [0.2, 0.25) is 0 Å². The molecule has 2 heterocycles. The van der Waals surface area contributed by atoms with E-state index in [-0.39, 0.29) is 0 Å². The van der Waals surface area contributed by atoms with Crippen molar-refractivity contribution in [2.45, 2.75) is 6.54 Å². The van der Waals surface area contributed by atoms with Gasteiger partial charge in [-0.3, -0.25) is 0 Å². The number of aromatic nitrogens is 5. The summed E-state index contributed by atoms with van der Waals surface area (Å²) < 4.78 is 3.89. The molecule has 0 aliphatic heterocycles. The van der Waals surface area contributed by atoms with Crippen molar-refractivity contribution >= 4 is 22.7 Å². The molecule has 0 aliphatic carbocycles. The zero-order chi connectivity index (χ0) is 18.1. The summed E-state index contributed by atoms with van der Waals surface area (Å²) in [6, 6.07) is 16.3. The molecule has 26 heavy (non-hydrogen) atoms. The van der Waals surface area contributed by atoms with Crippen molar-refractivity contribution in [2.24, 2.45) is 7.05 Å². The molecule has 0 saturated carbocycles. The Kier molecular flexibility index (Phi) is 4.04. The van der Waals surface area contributed by atoms with E-state index in [9.17, 15) is 0 Å². The van der Waals surface area contributed by atoms with Gasteiger partial charge in [-0.05, 0) is 30.3 Å². The first kappa shape index (κ1) is 16.1. The normalized spacial score (nSPS) is 11.0. The van der Waals surface area contributed by atoms with E-state index in [1.165, 1.54) is 0 Å². The molecule has 0 spiro atoms. The first-order valence-electron chi connectivity index (χ1n) is 8.45. The van der Waals surface area contributed by atoms with Gasteiger partial charge >= 0.3 is 0 Å². The summed E-state index contributed by atoms with van der Waals surface area (Å²) in [7, 11) is 5.89. The van der Waals surface area contributed by atoms with E-state index >= 15 is 0 Å². The Labute approximate surface area is 151 Å². The highest BCUT2D eigenvalue weighted by Crippen LogP contribution is 2.18. The SMILES string of the molecule is CN(C)c1ncn(-c2cccc(NCc3nc4ccccc4n3C)c2)n1. The lowest BCUT2D eigenvalue weighted by molar-refractivity contribution is 0.833. The monoisotopic (exact) mass is 347 g/mol. The zero-order valence-corrected chi connectivity index (χ0v) is 15.1. The van der Waals surface area contributed by atoms with Gasteiger partial charge in [0.25, 0.3) is 0 Å². The molecule has 0 radical (unpaired) electrons. The summed E-state index contributed by atoms with van der Waals surface area (Å²) in [6.07, 6.45) is 1.72. The minimum absolute atomic E-state index is 0.648. The van der Waals surface area contributed by atoms with Crippen LogP contribution in [0.5, 0.6) is 0 Å². The van der Waals surface area contributed by atoms with E-state index in [1.807, 2.05) is 62.4 Å². The Balaban J connectivity index is 1.54. The van der Waals surface area contributed by atoms with Crippen LogP contribution >= 0.6 is 0 Å². The molecule has 7 heteroatoms. The first-order valence-corrected chi connectivity index (χ1v) is 8.45. The first-order chi connectivity index (χ1) is 12.6. The molecule has 0 unspecified atom stereocenters. The van der Waals surface area contributed by atoms with Gasteiger partial charge in [-0.1, -0.05) is 18.2 Å². The van der Waals surface area contributed by atoms with E-state index in [4.69, 9.17) is 4.98 Å². The molecule has 0 saturated heterocycles. The fraction of sp³-hybridized carbons (Fsp3) is 0.211. The van der Waals surface area contributed by atoms with Crippen LogP contribution in [0.4, 0.5) is 11.6 Å². The Bertz CT molecular complexity index is 1040.